The van der Waals surface area contributed by atoms with Gasteiger partial charge in [-0.2, -0.15) is 10.2 Å². The third-order valence-electron chi connectivity index (χ3n) is 7.50. The Hall–Kier alpha value is -4.34. The third-order valence-corrected chi connectivity index (χ3v) is 7.50. The lowest BCUT2D eigenvalue weighted by molar-refractivity contribution is -0.113. The van der Waals surface area contributed by atoms with E-state index in [1.54, 1.807) is 12.1 Å². The van der Waals surface area contributed by atoms with Crippen LogP contribution in [0.2, 0.25) is 0 Å². The van der Waals surface area contributed by atoms with Gasteiger partial charge in [-0.15, -0.1) is 0 Å². The monoisotopic (exact) mass is 531 g/mol. The molecule has 2 atom stereocenters. The van der Waals surface area contributed by atoms with E-state index in [9.17, 15) is 18.4 Å². The van der Waals surface area contributed by atoms with Crippen LogP contribution in [0.5, 0.6) is 0 Å². The molecule has 1 fully saturated rings. The molecule has 200 valence electrons. The first kappa shape index (κ1) is 25.0. The van der Waals surface area contributed by atoms with Gasteiger partial charge < -0.3 is 10.0 Å². The van der Waals surface area contributed by atoms with Gasteiger partial charge in [0.25, 0.3) is 11.8 Å². The molecule has 39 heavy (non-hydrogen) atoms. The predicted octanol–water partition coefficient (Wildman–Crippen LogP) is 4.63. The SMILES string of the molecule is O=C(O)c1cc2n(n1)C(c1ccccc1)CC2.O=C(c1cc2n(n1)C(c1ccccc1)CC2)N1CC(F)(F)C1. The van der Waals surface area contributed by atoms with E-state index in [1.165, 1.54) is 5.56 Å². The number of rotatable bonds is 4. The summed E-state index contributed by atoms with van der Waals surface area (Å²) < 4.78 is 29.5. The summed E-state index contributed by atoms with van der Waals surface area (Å²) in [5.74, 6) is -4.11. The van der Waals surface area contributed by atoms with Crippen molar-refractivity contribution in [1.82, 2.24) is 24.5 Å². The fourth-order valence-corrected chi connectivity index (χ4v) is 5.59. The van der Waals surface area contributed by atoms with Gasteiger partial charge in [-0.25, -0.2) is 13.6 Å². The minimum Gasteiger partial charge on any atom is -0.476 e. The molecular weight excluding hydrogens is 504 g/mol. The van der Waals surface area contributed by atoms with E-state index in [2.05, 4.69) is 22.3 Å². The van der Waals surface area contributed by atoms with E-state index in [0.29, 0.717) is 0 Å². The molecule has 0 aliphatic carbocycles. The van der Waals surface area contributed by atoms with Crippen molar-refractivity contribution in [3.63, 3.8) is 0 Å². The summed E-state index contributed by atoms with van der Waals surface area (Å²) in [6, 6.07) is 23.8. The predicted molar refractivity (Wildman–Crippen MR) is 138 cm³/mol. The van der Waals surface area contributed by atoms with Gasteiger partial charge in [-0.05, 0) is 48.9 Å². The first-order chi connectivity index (χ1) is 18.8. The zero-order valence-electron chi connectivity index (χ0n) is 21.1. The number of hydrogen-bond donors (Lipinski definition) is 1. The molecular formula is C29H27F2N5O3. The van der Waals surface area contributed by atoms with Crippen molar-refractivity contribution >= 4 is 11.9 Å². The second-order valence-electron chi connectivity index (χ2n) is 10.2. The second-order valence-corrected chi connectivity index (χ2v) is 10.2. The molecule has 0 bridgehead atoms. The van der Waals surface area contributed by atoms with Crippen LogP contribution in [0.15, 0.2) is 72.8 Å². The maximum atomic E-state index is 12.9. The van der Waals surface area contributed by atoms with Crippen LogP contribution in [-0.2, 0) is 12.8 Å². The molecule has 2 aromatic heterocycles. The summed E-state index contributed by atoms with van der Waals surface area (Å²) in [5, 5.41) is 17.5. The van der Waals surface area contributed by atoms with Crippen molar-refractivity contribution in [3.05, 3.63) is 107 Å². The molecule has 4 aromatic rings. The fraction of sp³-hybridized carbons (Fsp3) is 0.310. The molecule has 7 rings (SSSR count). The number of nitrogens with zero attached hydrogens (tertiary/aromatic N) is 5. The number of carboxylic acids is 1. The van der Waals surface area contributed by atoms with Gasteiger partial charge in [0, 0.05) is 11.4 Å². The van der Waals surface area contributed by atoms with Crippen LogP contribution in [0.3, 0.4) is 0 Å². The lowest BCUT2D eigenvalue weighted by Gasteiger charge is -2.38. The van der Waals surface area contributed by atoms with Crippen molar-refractivity contribution < 1.29 is 23.5 Å². The molecule has 5 heterocycles. The largest absolute Gasteiger partial charge is 0.476 e. The highest BCUT2D eigenvalue weighted by molar-refractivity contribution is 5.93. The van der Waals surface area contributed by atoms with E-state index in [4.69, 9.17) is 5.11 Å². The van der Waals surface area contributed by atoms with E-state index >= 15 is 0 Å². The Morgan fingerprint density at radius 1 is 0.769 bits per heavy atom. The molecule has 3 aliphatic rings. The van der Waals surface area contributed by atoms with Crippen molar-refractivity contribution in [2.75, 3.05) is 13.1 Å². The first-order valence-electron chi connectivity index (χ1n) is 13.0. The maximum absolute atomic E-state index is 12.9. The quantitative estimate of drug-likeness (QED) is 0.415. The zero-order valence-corrected chi connectivity index (χ0v) is 21.1. The second kappa shape index (κ2) is 9.76. The van der Waals surface area contributed by atoms with Crippen LogP contribution in [0.4, 0.5) is 8.78 Å². The molecule has 8 nitrogen and oxygen atoms in total. The molecule has 1 saturated heterocycles. The van der Waals surface area contributed by atoms with E-state index < -0.39 is 30.9 Å². The highest BCUT2D eigenvalue weighted by Crippen LogP contribution is 2.34. The number of benzene rings is 2. The minimum absolute atomic E-state index is 0.121. The molecule has 2 unspecified atom stereocenters. The molecule has 0 saturated carbocycles. The number of alkyl halides is 2. The van der Waals surface area contributed by atoms with Gasteiger partial charge in [0.05, 0.1) is 25.2 Å². The normalized spacial score (nSPS) is 20.4. The first-order valence-corrected chi connectivity index (χ1v) is 13.0. The van der Waals surface area contributed by atoms with Crippen LogP contribution in [0.25, 0.3) is 0 Å². The zero-order chi connectivity index (χ0) is 27.1. The summed E-state index contributed by atoms with van der Waals surface area (Å²) in [5.41, 5.74) is 4.75. The number of carbonyl (C=O) groups excluding carboxylic acids is 1. The number of aromatic carboxylic acids is 1. The van der Waals surface area contributed by atoms with Crippen molar-refractivity contribution in [2.45, 2.75) is 43.7 Å². The minimum atomic E-state index is -2.75. The molecule has 1 N–H and O–H groups in total. The van der Waals surface area contributed by atoms with Crippen molar-refractivity contribution in [3.8, 4) is 0 Å². The summed E-state index contributed by atoms with van der Waals surface area (Å²) in [4.78, 5) is 24.2. The van der Waals surface area contributed by atoms with Crippen LogP contribution in [0, 0.1) is 0 Å². The summed E-state index contributed by atoms with van der Waals surface area (Å²) in [6.07, 6.45) is 3.67. The Kier molecular flexibility index (Phi) is 6.25. The summed E-state index contributed by atoms with van der Waals surface area (Å²) in [6.45, 7) is -1.01. The molecule has 2 aromatic carbocycles. The van der Waals surface area contributed by atoms with Crippen LogP contribution in [-0.4, -0.2) is 60.5 Å². The van der Waals surface area contributed by atoms with Gasteiger partial charge in [-0.3, -0.25) is 14.2 Å². The highest BCUT2D eigenvalue weighted by atomic mass is 19.3. The third kappa shape index (κ3) is 4.82. The van der Waals surface area contributed by atoms with Gasteiger partial charge >= 0.3 is 5.97 Å². The average Bonchev–Trinajstić information content (AvgIpc) is 3.69. The number of aryl methyl sites for hydroxylation is 2. The highest BCUT2D eigenvalue weighted by Gasteiger charge is 2.47. The Bertz CT molecular complexity index is 1510. The summed E-state index contributed by atoms with van der Waals surface area (Å²) in [7, 11) is 0. The lowest BCUT2D eigenvalue weighted by atomic mass is 10.1. The molecule has 3 aliphatic heterocycles. The summed E-state index contributed by atoms with van der Waals surface area (Å²) >= 11 is 0. The topological polar surface area (TPSA) is 93.2 Å². The van der Waals surface area contributed by atoms with Gasteiger partial charge in [0.1, 0.15) is 0 Å². The number of fused-ring (bicyclic) bond motifs is 2. The number of carboxylic acid groups (broad SMARTS) is 1. The van der Waals surface area contributed by atoms with E-state index in [-0.39, 0.29) is 23.5 Å². The Labute approximate surface area is 223 Å². The molecule has 0 spiro atoms. The van der Waals surface area contributed by atoms with Crippen LogP contribution < -0.4 is 0 Å². The van der Waals surface area contributed by atoms with E-state index in [1.807, 2.05) is 57.9 Å². The van der Waals surface area contributed by atoms with Crippen molar-refractivity contribution in [1.29, 1.82) is 0 Å². The number of likely N-dealkylation sites (tertiary alicyclic amines) is 1. The van der Waals surface area contributed by atoms with Crippen LogP contribution in [0.1, 0.15) is 68.4 Å². The van der Waals surface area contributed by atoms with Gasteiger partial charge in [-0.1, -0.05) is 60.7 Å². The Morgan fingerprint density at radius 3 is 1.69 bits per heavy atom. The molecule has 10 heteroatoms. The number of amides is 1. The fourth-order valence-electron chi connectivity index (χ4n) is 5.59. The van der Waals surface area contributed by atoms with Crippen molar-refractivity contribution in [2.24, 2.45) is 0 Å². The van der Waals surface area contributed by atoms with E-state index in [0.717, 1.165) is 47.5 Å². The molecule has 1 amide bonds. The number of carbonyl (C=O) groups is 2. The smallest absolute Gasteiger partial charge is 0.356 e. The van der Waals surface area contributed by atoms with Crippen LogP contribution >= 0.6 is 0 Å². The number of hydrogen-bond acceptors (Lipinski definition) is 4. The standard InChI is InChI=1S/C16H15F2N3O.C13H12N2O2/c17-16(18)9-20(10-16)15(22)13-8-12-6-7-14(21(12)19-13)11-4-2-1-3-5-11;16-13(17)11-8-10-6-7-12(15(10)14-11)9-4-2-1-3-5-9/h1-5,8,14H,6-7,9-10H2;1-5,8,12H,6-7H2,(H,16,17). The number of aromatic nitrogens is 4. The Balaban J connectivity index is 0.000000147. The number of halogens is 2. The Morgan fingerprint density at radius 2 is 1.23 bits per heavy atom. The lowest BCUT2D eigenvalue weighted by Crippen LogP contribution is -2.58. The average molecular weight is 532 g/mol. The maximum Gasteiger partial charge on any atom is 0.356 e. The van der Waals surface area contributed by atoms with Gasteiger partial charge in [0.2, 0.25) is 0 Å². The van der Waals surface area contributed by atoms with Gasteiger partial charge in [0.15, 0.2) is 11.4 Å². The molecule has 0 radical (unpaired) electrons.